The number of allylic oxidation sites excluding steroid dienone is 1. The van der Waals surface area contributed by atoms with Gasteiger partial charge in [-0.05, 0) is 89.1 Å². The van der Waals surface area contributed by atoms with E-state index in [4.69, 9.17) is 18.9 Å². The van der Waals surface area contributed by atoms with Gasteiger partial charge in [-0.25, -0.2) is 19.0 Å². The first-order valence-electron chi connectivity index (χ1n) is 14.0. The second kappa shape index (κ2) is 13.6. The highest BCUT2D eigenvalue weighted by Gasteiger charge is 2.44. The van der Waals surface area contributed by atoms with Crippen LogP contribution in [0.4, 0.5) is 4.79 Å². The van der Waals surface area contributed by atoms with Gasteiger partial charge >= 0.3 is 24.0 Å². The van der Waals surface area contributed by atoms with Crippen molar-refractivity contribution in [3.8, 4) is 0 Å². The van der Waals surface area contributed by atoms with Gasteiger partial charge in [0, 0.05) is 21.9 Å². The summed E-state index contributed by atoms with van der Waals surface area (Å²) < 4.78 is 23.9. The minimum Gasteiger partial charge on any atom is -0.465 e. The monoisotopic (exact) mass is 708 g/mol. The number of hydrogen-bond acceptors (Lipinski definition) is 9. The number of esters is 3. The lowest BCUT2D eigenvalue weighted by atomic mass is 9.89. The van der Waals surface area contributed by atoms with Gasteiger partial charge in [0.25, 0.3) is 0 Å². The van der Waals surface area contributed by atoms with Crippen molar-refractivity contribution in [2.75, 3.05) is 20.8 Å². The first-order valence-corrected chi connectivity index (χ1v) is 15.1. The second-order valence-electron chi connectivity index (χ2n) is 12.2. The predicted molar refractivity (Wildman–Crippen MR) is 171 cm³/mol. The number of carbonyl (C=O) groups is 4. The van der Waals surface area contributed by atoms with Crippen LogP contribution in [-0.4, -0.2) is 71.5 Å². The topological polar surface area (TPSA) is 113 Å². The molecule has 0 saturated carbocycles. The van der Waals surface area contributed by atoms with E-state index in [1.165, 1.54) is 20.3 Å². The van der Waals surface area contributed by atoms with E-state index in [0.29, 0.717) is 17.8 Å². The maximum Gasteiger partial charge on any atom is 0.419 e. The number of methoxy groups -OCH3 is 2. The molecule has 0 unspecified atom stereocenters. The summed E-state index contributed by atoms with van der Waals surface area (Å²) in [5.74, 6) is -2.12. The van der Waals surface area contributed by atoms with Crippen LogP contribution in [0.15, 0.2) is 45.6 Å². The van der Waals surface area contributed by atoms with Crippen LogP contribution < -0.4 is 0 Å². The van der Waals surface area contributed by atoms with Crippen molar-refractivity contribution in [3.05, 3.63) is 56.8 Å². The molecule has 0 saturated heterocycles. The third kappa shape index (κ3) is 8.05. The standard InChI is InChI=1S/C32H41IN2O8/c1-10-19(33)18-34-24(16-15-21(27(36)40-8)28(37)41-9)26-22(17-25(34)29(38)42-31(2,3)4)20-13-11-12-14-23(20)35(26)30(39)43-32(5,6)7/h10-15,24-25H,16-18H2,1-9H3/b19-10-/t24-,25+/m1/s1. The Hall–Kier alpha value is -3.19. The lowest BCUT2D eigenvalue weighted by Crippen LogP contribution is -2.51. The van der Waals surface area contributed by atoms with Gasteiger partial charge in [-0.3, -0.25) is 9.69 Å². The molecule has 2 aromatic rings. The number of benzene rings is 1. The zero-order valence-corrected chi connectivity index (χ0v) is 28.4. The Balaban J connectivity index is 2.38. The fourth-order valence-corrected chi connectivity index (χ4v) is 5.50. The predicted octanol–water partition coefficient (Wildman–Crippen LogP) is 6.04. The highest BCUT2D eigenvalue weighted by atomic mass is 127. The maximum absolute atomic E-state index is 13.8. The van der Waals surface area contributed by atoms with Gasteiger partial charge in [0.1, 0.15) is 22.8 Å². The summed E-state index contributed by atoms with van der Waals surface area (Å²) in [4.78, 5) is 54.8. The number of hydrogen-bond donors (Lipinski definition) is 0. The van der Waals surface area contributed by atoms with Crippen LogP contribution in [0.25, 0.3) is 10.9 Å². The first kappa shape index (κ1) is 34.3. The van der Waals surface area contributed by atoms with E-state index in [9.17, 15) is 19.2 Å². The molecule has 0 spiro atoms. The molecule has 1 aliphatic heterocycles. The van der Waals surface area contributed by atoms with Crippen LogP contribution in [0.1, 0.15) is 72.2 Å². The number of rotatable bonds is 7. The number of halogens is 1. The Kier molecular flexibility index (Phi) is 10.9. The van der Waals surface area contributed by atoms with E-state index in [1.807, 2.05) is 62.9 Å². The fourth-order valence-electron chi connectivity index (χ4n) is 5.10. The van der Waals surface area contributed by atoms with Gasteiger partial charge < -0.3 is 18.9 Å². The minimum atomic E-state index is -0.853. The van der Waals surface area contributed by atoms with E-state index in [2.05, 4.69) is 22.6 Å². The van der Waals surface area contributed by atoms with Crippen LogP contribution >= 0.6 is 22.6 Å². The molecule has 3 rings (SSSR count). The molecule has 1 aromatic heterocycles. The van der Waals surface area contributed by atoms with Crippen molar-refractivity contribution in [2.24, 2.45) is 0 Å². The number of nitrogens with zero attached hydrogens (tertiary/aromatic N) is 2. The van der Waals surface area contributed by atoms with E-state index in [1.54, 1.807) is 25.3 Å². The van der Waals surface area contributed by atoms with Crippen molar-refractivity contribution in [2.45, 2.75) is 84.6 Å². The second-order valence-corrected chi connectivity index (χ2v) is 13.6. The molecular formula is C32H41IN2O8. The van der Waals surface area contributed by atoms with Gasteiger partial charge in [0.2, 0.25) is 0 Å². The maximum atomic E-state index is 13.8. The average Bonchev–Trinajstić information content (AvgIpc) is 3.25. The molecule has 1 aromatic carbocycles. The van der Waals surface area contributed by atoms with Gasteiger partial charge in [-0.2, -0.15) is 0 Å². The normalized spacial score (nSPS) is 17.6. The Bertz CT molecular complexity index is 1440. The van der Waals surface area contributed by atoms with Gasteiger partial charge in [-0.15, -0.1) is 0 Å². The highest BCUT2D eigenvalue weighted by Crippen LogP contribution is 2.43. The van der Waals surface area contributed by atoms with Crippen LogP contribution in [-0.2, 0) is 39.8 Å². The SMILES string of the molecule is C/C=C(\I)CN1[C@H](CC=C(C(=O)OC)C(=O)OC)c2c(c3ccccc3n2C(=O)OC(C)(C)C)C[C@H]1C(=O)OC(C)(C)C. The Labute approximate surface area is 266 Å². The van der Waals surface area contributed by atoms with Crippen LogP contribution in [0.5, 0.6) is 0 Å². The molecule has 0 amide bonds. The average molecular weight is 709 g/mol. The van der Waals surface area contributed by atoms with E-state index >= 15 is 0 Å². The van der Waals surface area contributed by atoms with Crippen LogP contribution in [0.2, 0.25) is 0 Å². The van der Waals surface area contributed by atoms with Gasteiger partial charge in [0.05, 0.1) is 31.5 Å². The van der Waals surface area contributed by atoms with Crippen LogP contribution in [0.3, 0.4) is 0 Å². The zero-order chi connectivity index (χ0) is 32.3. The molecule has 43 heavy (non-hydrogen) atoms. The number of ether oxygens (including phenoxy) is 4. The largest absolute Gasteiger partial charge is 0.465 e. The summed E-state index contributed by atoms with van der Waals surface area (Å²) in [7, 11) is 2.36. The molecule has 2 heterocycles. The lowest BCUT2D eigenvalue weighted by Gasteiger charge is -2.42. The molecule has 2 atom stereocenters. The number of fused-ring (bicyclic) bond motifs is 3. The molecule has 11 heteroatoms. The van der Waals surface area contributed by atoms with Gasteiger partial charge in [0.15, 0.2) is 0 Å². The van der Waals surface area contributed by atoms with Crippen molar-refractivity contribution in [1.29, 1.82) is 0 Å². The quantitative estimate of drug-likeness (QED) is 0.0850. The van der Waals surface area contributed by atoms with E-state index in [-0.39, 0.29) is 18.4 Å². The molecular weight excluding hydrogens is 667 g/mol. The van der Waals surface area contributed by atoms with Crippen molar-refractivity contribution in [3.63, 3.8) is 0 Å². The Morgan fingerprint density at radius 2 is 1.53 bits per heavy atom. The summed E-state index contributed by atoms with van der Waals surface area (Å²) in [6.07, 6.45) is 3.15. The highest BCUT2D eigenvalue weighted by molar-refractivity contribution is 14.1. The summed E-state index contributed by atoms with van der Waals surface area (Å²) in [6, 6.07) is 6.07. The van der Waals surface area contributed by atoms with Crippen molar-refractivity contribution in [1.82, 2.24) is 9.47 Å². The summed E-state index contributed by atoms with van der Waals surface area (Å²) in [5, 5.41) is 0.799. The number of aromatic nitrogens is 1. The Morgan fingerprint density at radius 3 is 2.07 bits per heavy atom. The van der Waals surface area contributed by atoms with E-state index < -0.39 is 47.3 Å². The van der Waals surface area contributed by atoms with E-state index in [0.717, 1.165) is 14.5 Å². The Morgan fingerprint density at radius 1 is 0.953 bits per heavy atom. The molecule has 0 bridgehead atoms. The third-order valence-corrected chi connectivity index (χ3v) is 7.76. The summed E-state index contributed by atoms with van der Waals surface area (Å²) in [5.41, 5.74) is 0.233. The van der Waals surface area contributed by atoms with Gasteiger partial charge in [-0.1, -0.05) is 30.4 Å². The summed E-state index contributed by atoms with van der Waals surface area (Å²) >= 11 is 2.21. The number of para-hydroxylation sites is 1. The third-order valence-electron chi connectivity index (χ3n) is 6.79. The summed E-state index contributed by atoms with van der Waals surface area (Å²) in [6.45, 7) is 13.1. The molecule has 234 valence electrons. The molecule has 0 N–H and O–H groups in total. The minimum absolute atomic E-state index is 0.0680. The zero-order valence-electron chi connectivity index (χ0n) is 26.3. The van der Waals surface area contributed by atoms with Crippen molar-refractivity contribution < 1.29 is 38.1 Å². The molecule has 0 fully saturated rings. The lowest BCUT2D eigenvalue weighted by molar-refractivity contribution is -0.163. The first-order chi connectivity index (χ1) is 20.0. The van der Waals surface area contributed by atoms with Crippen LogP contribution in [0, 0.1) is 0 Å². The fraction of sp³-hybridized carbons (Fsp3) is 0.500. The van der Waals surface area contributed by atoms with Crippen molar-refractivity contribution >= 4 is 57.5 Å². The molecule has 0 radical (unpaired) electrons. The molecule has 0 aliphatic carbocycles. The molecule has 1 aliphatic rings. The number of carbonyl (C=O) groups excluding carboxylic acids is 4. The smallest absolute Gasteiger partial charge is 0.419 e. The molecule has 10 nitrogen and oxygen atoms in total.